The number of nitrogens with zero attached hydrogens (tertiary/aromatic N) is 2. The zero-order chi connectivity index (χ0) is 16.6. The third kappa shape index (κ3) is 2.74. The first-order chi connectivity index (χ1) is 11.1. The number of rotatable bonds is 4. The molecule has 0 amide bonds. The Morgan fingerprint density at radius 2 is 2.00 bits per heavy atom. The molecule has 1 aromatic carbocycles. The lowest BCUT2D eigenvalue weighted by molar-refractivity contribution is 0.348. The molecular formula is C17H21ClN2O3. The molecule has 23 heavy (non-hydrogen) atoms. The standard InChI is InChI=1S/C17H21ClN2O3/c1-20(2)14-9-23-19-15(14)10-5-6-12-11(7-10)8-13(18)17(22-4)16(12)21-3/h8-10H,5-7H2,1-4H3. The maximum atomic E-state index is 6.35. The number of benzene rings is 1. The number of anilines is 1. The van der Waals surface area contributed by atoms with Gasteiger partial charge < -0.3 is 18.9 Å². The van der Waals surface area contributed by atoms with E-state index in [1.54, 1.807) is 20.5 Å². The average Bonchev–Trinajstić information content (AvgIpc) is 3.02. The van der Waals surface area contributed by atoms with Gasteiger partial charge >= 0.3 is 0 Å². The summed E-state index contributed by atoms with van der Waals surface area (Å²) in [7, 11) is 7.26. The highest BCUT2D eigenvalue weighted by molar-refractivity contribution is 6.32. The van der Waals surface area contributed by atoms with Crippen LogP contribution in [0.5, 0.6) is 11.5 Å². The van der Waals surface area contributed by atoms with Gasteiger partial charge in [-0.1, -0.05) is 16.8 Å². The minimum absolute atomic E-state index is 0.313. The Kier molecular flexibility index (Phi) is 4.39. The summed E-state index contributed by atoms with van der Waals surface area (Å²) in [4.78, 5) is 2.03. The summed E-state index contributed by atoms with van der Waals surface area (Å²) in [5, 5.41) is 4.81. The zero-order valence-electron chi connectivity index (χ0n) is 13.9. The highest BCUT2D eigenvalue weighted by Gasteiger charge is 2.29. The van der Waals surface area contributed by atoms with E-state index in [9.17, 15) is 0 Å². The van der Waals surface area contributed by atoms with Gasteiger partial charge in [0.1, 0.15) is 17.6 Å². The minimum Gasteiger partial charge on any atom is -0.493 e. The first-order valence-corrected chi connectivity index (χ1v) is 7.98. The van der Waals surface area contributed by atoms with E-state index in [0.717, 1.165) is 36.4 Å². The smallest absolute Gasteiger partial charge is 0.179 e. The van der Waals surface area contributed by atoms with Gasteiger partial charge in [-0.15, -0.1) is 0 Å². The van der Waals surface area contributed by atoms with Gasteiger partial charge in [0.25, 0.3) is 0 Å². The molecule has 1 aromatic heterocycles. The Hall–Kier alpha value is -1.88. The van der Waals surface area contributed by atoms with Gasteiger partial charge in [0, 0.05) is 25.6 Å². The second-order valence-corrected chi connectivity index (χ2v) is 6.39. The number of ether oxygens (including phenoxy) is 2. The van der Waals surface area contributed by atoms with Crippen molar-refractivity contribution in [3.05, 3.63) is 34.2 Å². The molecule has 1 atom stereocenters. The van der Waals surface area contributed by atoms with Crippen molar-refractivity contribution in [3.8, 4) is 11.5 Å². The van der Waals surface area contributed by atoms with Gasteiger partial charge in [0.2, 0.25) is 0 Å². The molecule has 6 heteroatoms. The number of hydrogen-bond donors (Lipinski definition) is 0. The van der Waals surface area contributed by atoms with Crippen molar-refractivity contribution in [1.29, 1.82) is 0 Å². The number of fused-ring (bicyclic) bond motifs is 1. The number of halogens is 1. The highest BCUT2D eigenvalue weighted by atomic mass is 35.5. The highest BCUT2D eigenvalue weighted by Crippen LogP contribution is 2.45. The zero-order valence-corrected chi connectivity index (χ0v) is 14.6. The third-order valence-corrected chi connectivity index (χ3v) is 4.73. The van der Waals surface area contributed by atoms with Crippen molar-refractivity contribution in [2.75, 3.05) is 33.2 Å². The Bertz CT molecular complexity index is 712. The lowest BCUT2D eigenvalue weighted by Crippen LogP contribution is -2.18. The SMILES string of the molecule is COc1c(Cl)cc2c(c1OC)CCC(c1nocc1N(C)C)C2. The molecule has 0 spiro atoms. The largest absolute Gasteiger partial charge is 0.493 e. The van der Waals surface area contributed by atoms with Crippen LogP contribution in [0.3, 0.4) is 0 Å². The molecule has 2 aromatic rings. The molecule has 3 rings (SSSR count). The van der Waals surface area contributed by atoms with Gasteiger partial charge in [-0.05, 0) is 30.9 Å². The lowest BCUT2D eigenvalue weighted by atomic mass is 9.81. The van der Waals surface area contributed by atoms with Crippen LogP contribution in [0.25, 0.3) is 0 Å². The maximum absolute atomic E-state index is 6.35. The summed E-state index contributed by atoms with van der Waals surface area (Å²) in [6, 6.07) is 1.99. The van der Waals surface area contributed by atoms with Gasteiger partial charge in [-0.3, -0.25) is 0 Å². The molecule has 5 nitrogen and oxygen atoms in total. The molecule has 0 fully saturated rings. The molecule has 1 unspecified atom stereocenters. The Balaban J connectivity index is 1.98. The monoisotopic (exact) mass is 336 g/mol. The van der Waals surface area contributed by atoms with E-state index < -0.39 is 0 Å². The molecule has 0 radical (unpaired) electrons. The summed E-state index contributed by atoms with van der Waals surface area (Å²) in [5.41, 5.74) is 4.41. The van der Waals surface area contributed by atoms with E-state index in [2.05, 4.69) is 5.16 Å². The summed E-state index contributed by atoms with van der Waals surface area (Å²) in [5.74, 6) is 1.68. The summed E-state index contributed by atoms with van der Waals surface area (Å²) in [6.45, 7) is 0. The first kappa shape index (κ1) is 16.0. The Morgan fingerprint density at radius 3 is 2.65 bits per heavy atom. The van der Waals surface area contributed by atoms with E-state index >= 15 is 0 Å². The van der Waals surface area contributed by atoms with Crippen LogP contribution in [-0.2, 0) is 12.8 Å². The van der Waals surface area contributed by atoms with Crippen molar-refractivity contribution in [2.45, 2.75) is 25.2 Å². The van der Waals surface area contributed by atoms with Crippen LogP contribution in [0.15, 0.2) is 16.9 Å². The molecule has 124 valence electrons. The number of methoxy groups -OCH3 is 2. The molecule has 1 aliphatic carbocycles. The Morgan fingerprint density at radius 1 is 1.26 bits per heavy atom. The third-order valence-electron chi connectivity index (χ3n) is 4.45. The van der Waals surface area contributed by atoms with Crippen molar-refractivity contribution < 1.29 is 14.0 Å². The summed E-state index contributed by atoms with van der Waals surface area (Å²) < 4.78 is 16.1. The van der Waals surface area contributed by atoms with E-state index in [4.69, 9.17) is 25.6 Å². The van der Waals surface area contributed by atoms with Crippen LogP contribution in [-0.4, -0.2) is 33.5 Å². The fourth-order valence-electron chi connectivity index (χ4n) is 3.34. The maximum Gasteiger partial charge on any atom is 0.179 e. The fraction of sp³-hybridized carbons (Fsp3) is 0.471. The van der Waals surface area contributed by atoms with E-state index in [1.807, 2.05) is 25.1 Å². The van der Waals surface area contributed by atoms with Gasteiger partial charge in [0.05, 0.1) is 19.2 Å². The van der Waals surface area contributed by atoms with Crippen LogP contribution in [0.4, 0.5) is 5.69 Å². The van der Waals surface area contributed by atoms with E-state index in [0.29, 0.717) is 16.7 Å². The molecule has 0 aliphatic heterocycles. The quantitative estimate of drug-likeness (QED) is 0.852. The first-order valence-electron chi connectivity index (χ1n) is 7.60. The van der Waals surface area contributed by atoms with E-state index in [1.165, 1.54) is 11.1 Å². The molecule has 0 saturated carbocycles. The molecule has 1 heterocycles. The average molecular weight is 337 g/mol. The van der Waals surface area contributed by atoms with Crippen LogP contribution < -0.4 is 14.4 Å². The van der Waals surface area contributed by atoms with Gasteiger partial charge in [-0.2, -0.15) is 0 Å². The van der Waals surface area contributed by atoms with Crippen LogP contribution in [0, 0.1) is 0 Å². The van der Waals surface area contributed by atoms with Crippen LogP contribution >= 0.6 is 11.6 Å². The predicted octanol–water partition coefficient (Wildman–Crippen LogP) is 3.68. The molecule has 0 bridgehead atoms. The number of hydrogen-bond acceptors (Lipinski definition) is 5. The molecule has 0 saturated heterocycles. The molecule has 1 aliphatic rings. The fourth-order valence-corrected chi connectivity index (χ4v) is 3.63. The molecular weight excluding hydrogens is 316 g/mol. The van der Waals surface area contributed by atoms with E-state index in [-0.39, 0.29) is 0 Å². The lowest BCUT2D eigenvalue weighted by Gasteiger charge is -2.27. The minimum atomic E-state index is 0.313. The van der Waals surface area contributed by atoms with Crippen molar-refractivity contribution in [3.63, 3.8) is 0 Å². The number of aromatic nitrogens is 1. The van der Waals surface area contributed by atoms with Crippen LogP contribution in [0.1, 0.15) is 29.2 Å². The predicted molar refractivity (Wildman–Crippen MR) is 90.2 cm³/mol. The Labute approximate surface area is 141 Å². The second kappa shape index (κ2) is 6.32. The van der Waals surface area contributed by atoms with Gasteiger partial charge in [-0.25, -0.2) is 0 Å². The topological polar surface area (TPSA) is 47.7 Å². The second-order valence-electron chi connectivity index (χ2n) is 5.98. The summed E-state index contributed by atoms with van der Waals surface area (Å²) >= 11 is 6.35. The normalized spacial score (nSPS) is 16.8. The molecule has 0 N–H and O–H groups in total. The van der Waals surface area contributed by atoms with Gasteiger partial charge in [0.15, 0.2) is 11.5 Å². The summed E-state index contributed by atoms with van der Waals surface area (Å²) in [6.07, 6.45) is 4.45. The van der Waals surface area contributed by atoms with Crippen molar-refractivity contribution >= 4 is 17.3 Å². The van der Waals surface area contributed by atoms with Crippen molar-refractivity contribution in [1.82, 2.24) is 5.16 Å². The van der Waals surface area contributed by atoms with Crippen LogP contribution in [0.2, 0.25) is 5.02 Å². The van der Waals surface area contributed by atoms with Crippen molar-refractivity contribution in [2.24, 2.45) is 0 Å².